The largest absolute Gasteiger partial charge is 0.469 e. The van der Waals surface area contributed by atoms with Gasteiger partial charge >= 0.3 is 6.18 Å². The molecule has 0 saturated carbocycles. The number of hydrogen-bond donors (Lipinski definition) is 1. The van der Waals surface area contributed by atoms with E-state index in [4.69, 9.17) is 4.42 Å². The topological polar surface area (TPSA) is 28.4 Å². The Bertz CT molecular complexity index is 392. The van der Waals surface area contributed by atoms with Crippen molar-refractivity contribution in [2.45, 2.75) is 44.4 Å². The van der Waals surface area contributed by atoms with Crippen molar-refractivity contribution in [3.8, 4) is 0 Å². The van der Waals surface area contributed by atoms with Crippen molar-refractivity contribution < 1.29 is 17.6 Å². The third-order valence-corrected chi connectivity index (χ3v) is 3.60. The predicted molar refractivity (Wildman–Crippen MR) is 70.5 cm³/mol. The minimum atomic E-state index is -4.10. The Morgan fingerprint density at radius 1 is 1.50 bits per heavy atom. The first-order valence-corrected chi connectivity index (χ1v) is 7.00. The number of nitrogens with one attached hydrogen (secondary N) is 1. The van der Waals surface area contributed by atoms with Crippen LogP contribution in [-0.2, 0) is 6.42 Å². The van der Waals surface area contributed by atoms with Gasteiger partial charge in [-0.05, 0) is 31.9 Å². The average molecular weight is 290 g/mol. The maximum absolute atomic E-state index is 12.3. The van der Waals surface area contributed by atoms with Gasteiger partial charge in [-0.3, -0.25) is 4.90 Å². The lowest BCUT2D eigenvalue weighted by atomic mass is 10.1. The summed E-state index contributed by atoms with van der Waals surface area (Å²) in [5, 5.41) is 3.41. The van der Waals surface area contributed by atoms with Crippen molar-refractivity contribution in [3.63, 3.8) is 0 Å². The SMILES string of the molecule is C[C@@H](CCc1ccco1)N[C@@H]1CCN(CC(F)(F)F)C1. The van der Waals surface area contributed by atoms with E-state index < -0.39 is 12.7 Å². The van der Waals surface area contributed by atoms with Crippen molar-refractivity contribution in [1.29, 1.82) is 0 Å². The minimum absolute atomic E-state index is 0.156. The quantitative estimate of drug-likeness (QED) is 0.873. The van der Waals surface area contributed by atoms with E-state index in [1.54, 1.807) is 6.26 Å². The van der Waals surface area contributed by atoms with Crippen molar-refractivity contribution in [2.24, 2.45) is 0 Å². The summed E-state index contributed by atoms with van der Waals surface area (Å²) in [6.07, 6.45) is 0.101. The molecule has 1 aliphatic heterocycles. The fraction of sp³-hybridized carbons (Fsp3) is 0.714. The van der Waals surface area contributed by atoms with Gasteiger partial charge in [0.1, 0.15) is 5.76 Å². The Kier molecular flexibility index (Phi) is 5.10. The highest BCUT2D eigenvalue weighted by atomic mass is 19.4. The Morgan fingerprint density at radius 2 is 2.30 bits per heavy atom. The molecule has 3 nitrogen and oxygen atoms in total. The molecule has 1 N–H and O–H groups in total. The third-order valence-electron chi connectivity index (χ3n) is 3.60. The minimum Gasteiger partial charge on any atom is -0.469 e. The fourth-order valence-corrected chi connectivity index (χ4v) is 2.67. The fourth-order valence-electron chi connectivity index (χ4n) is 2.67. The van der Waals surface area contributed by atoms with E-state index >= 15 is 0 Å². The molecule has 2 rings (SSSR count). The maximum atomic E-state index is 12.3. The number of aryl methyl sites for hydroxylation is 1. The Morgan fingerprint density at radius 3 is 2.95 bits per heavy atom. The standard InChI is InChI=1S/C14H21F3N2O/c1-11(4-5-13-3-2-8-20-13)18-12-6-7-19(9-12)10-14(15,16)17/h2-3,8,11-12,18H,4-7,9-10H2,1H3/t11-,12+/m0/s1. The second kappa shape index (κ2) is 6.63. The molecular formula is C14H21F3N2O. The molecule has 114 valence electrons. The first kappa shape index (κ1) is 15.4. The second-order valence-electron chi connectivity index (χ2n) is 5.52. The molecular weight excluding hydrogens is 269 g/mol. The molecule has 6 heteroatoms. The first-order chi connectivity index (χ1) is 9.42. The number of halogens is 3. The molecule has 2 heterocycles. The van der Waals surface area contributed by atoms with Crippen molar-refractivity contribution >= 4 is 0 Å². The molecule has 0 aliphatic carbocycles. The molecule has 1 aromatic heterocycles. The zero-order valence-electron chi connectivity index (χ0n) is 11.6. The lowest BCUT2D eigenvalue weighted by Gasteiger charge is -2.21. The van der Waals surface area contributed by atoms with Gasteiger partial charge in [0.25, 0.3) is 0 Å². The summed E-state index contributed by atoms with van der Waals surface area (Å²) in [7, 11) is 0. The normalized spacial score (nSPS) is 22.3. The molecule has 0 unspecified atom stereocenters. The van der Waals surface area contributed by atoms with E-state index in [0.29, 0.717) is 13.1 Å². The van der Waals surface area contributed by atoms with Gasteiger partial charge in [0.15, 0.2) is 0 Å². The van der Waals surface area contributed by atoms with Gasteiger partial charge in [0, 0.05) is 31.6 Å². The molecule has 1 aromatic rings. The van der Waals surface area contributed by atoms with Crippen molar-refractivity contribution in [2.75, 3.05) is 19.6 Å². The lowest BCUT2D eigenvalue weighted by Crippen LogP contribution is -2.40. The van der Waals surface area contributed by atoms with Crippen molar-refractivity contribution in [1.82, 2.24) is 10.2 Å². The smallest absolute Gasteiger partial charge is 0.401 e. The first-order valence-electron chi connectivity index (χ1n) is 7.00. The molecule has 0 amide bonds. The Labute approximate surface area is 117 Å². The summed E-state index contributed by atoms with van der Waals surface area (Å²) in [5.41, 5.74) is 0. The molecule has 0 spiro atoms. The molecule has 0 radical (unpaired) electrons. The van der Waals surface area contributed by atoms with Crippen LogP contribution < -0.4 is 5.32 Å². The highest BCUT2D eigenvalue weighted by molar-refractivity contribution is 4.98. The Balaban J connectivity index is 1.66. The molecule has 1 aliphatic rings. The van der Waals surface area contributed by atoms with E-state index in [0.717, 1.165) is 25.0 Å². The van der Waals surface area contributed by atoms with Crippen LogP contribution in [0.2, 0.25) is 0 Å². The molecule has 20 heavy (non-hydrogen) atoms. The number of hydrogen-bond acceptors (Lipinski definition) is 3. The highest BCUT2D eigenvalue weighted by Crippen LogP contribution is 2.20. The van der Waals surface area contributed by atoms with Crippen LogP contribution in [0.25, 0.3) is 0 Å². The van der Waals surface area contributed by atoms with Gasteiger partial charge in [-0.25, -0.2) is 0 Å². The zero-order valence-corrected chi connectivity index (χ0v) is 11.6. The van der Waals surface area contributed by atoms with Gasteiger partial charge < -0.3 is 9.73 Å². The summed E-state index contributed by atoms with van der Waals surface area (Å²) < 4.78 is 42.2. The van der Waals surface area contributed by atoms with Crippen LogP contribution >= 0.6 is 0 Å². The van der Waals surface area contributed by atoms with Crippen LogP contribution in [-0.4, -0.2) is 42.8 Å². The number of alkyl halides is 3. The van der Waals surface area contributed by atoms with E-state index in [-0.39, 0.29) is 12.1 Å². The highest BCUT2D eigenvalue weighted by Gasteiger charge is 2.34. The summed E-state index contributed by atoms with van der Waals surface area (Å²) in [6, 6.07) is 4.23. The summed E-state index contributed by atoms with van der Waals surface area (Å²) in [6.45, 7) is 2.26. The van der Waals surface area contributed by atoms with Gasteiger partial charge in [-0.1, -0.05) is 0 Å². The second-order valence-corrected chi connectivity index (χ2v) is 5.52. The molecule has 1 saturated heterocycles. The van der Waals surface area contributed by atoms with Crippen LogP contribution in [0.15, 0.2) is 22.8 Å². The van der Waals surface area contributed by atoms with E-state index in [2.05, 4.69) is 12.2 Å². The predicted octanol–water partition coefficient (Wildman–Crippen LogP) is 2.83. The number of rotatable bonds is 6. The molecule has 2 atom stereocenters. The summed E-state index contributed by atoms with van der Waals surface area (Å²) in [5.74, 6) is 0.948. The average Bonchev–Trinajstić information content (AvgIpc) is 2.96. The van der Waals surface area contributed by atoms with Gasteiger partial charge in [0.2, 0.25) is 0 Å². The summed E-state index contributed by atoms with van der Waals surface area (Å²) in [4.78, 5) is 1.47. The Hall–Kier alpha value is -1.01. The zero-order chi connectivity index (χ0) is 14.6. The van der Waals surface area contributed by atoms with E-state index in [9.17, 15) is 13.2 Å². The van der Waals surface area contributed by atoms with Crippen LogP contribution in [0.1, 0.15) is 25.5 Å². The number of nitrogens with zero attached hydrogens (tertiary/aromatic N) is 1. The van der Waals surface area contributed by atoms with Crippen LogP contribution in [0.4, 0.5) is 13.2 Å². The monoisotopic (exact) mass is 290 g/mol. The van der Waals surface area contributed by atoms with Crippen LogP contribution in [0.3, 0.4) is 0 Å². The number of likely N-dealkylation sites (tertiary alicyclic amines) is 1. The molecule has 0 bridgehead atoms. The molecule has 0 aromatic carbocycles. The van der Waals surface area contributed by atoms with Gasteiger partial charge in [-0.2, -0.15) is 13.2 Å². The lowest BCUT2D eigenvalue weighted by molar-refractivity contribution is -0.143. The van der Waals surface area contributed by atoms with Crippen LogP contribution in [0.5, 0.6) is 0 Å². The maximum Gasteiger partial charge on any atom is 0.401 e. The van der Waals surface area contributed by atoms with Crippen molar-refractivity contribution in [3.05, 3.63) is 24.2 Å². The third kappa shape index (κ3) is 5.17. The molecule has 1 fully saturated rings. The van der Waals surface area contributed by atoms with E-state index in [1.807, 2.05) is 12.1 Å². The van der Waals surface area contributed by atoms with Crippen LogP contribution in [0, 0.1) is 0 Å². The van der Waals surface area contributed by atoms with Gasteiger partial charge in [-0.15, -0.1) is 0 Å². The van der Waals surface area contributed by atoms with E-state index in [1.165, 1.54) is 4.90 Å². The number of furan rings is 1. The summed E-state index contributed by atoms with van der Waals surface area (Å²) >= 11 is 0. The van der Waals surface area contributed by atoms with Gasteiger partial charge in [0.05, 0.1) is 12.8 Å².